The second-order valence-corrected chi connectivity index (χ2v) is 5.48. The summed E-state index contributed by atoms with van der Waals surface area (Å²) in [6.07, 6.45) is 2.83. The molecule has 5 heteroatoms. The summed E-state index contributed by atoms with van der Waals surface area (Å²) in [6, 6.07) is 0.547. The summed E-state index contributed by atoms with van der Waals surface area (Å²) in [5, 5.41) is 8.68. The zero-order valence-electron chi connectivity index (χ0n) is 11.3. The fourth-order valence-corrected chi connectivity index (χ4v) is 2.82. The van der Waals surface area contributed by atoms with Crippen molar-refractivity contribution in [2.75, 3.05) is 19.8 Å². The number of hydrogen-bond acceptors (Lipinski definition) is 3. The Morgan fingerprint density at radius 2 is 2.39 bits per heavy atom. The molecule has 1 aliphatic rings. The summed E-state index contributed by atoms with van der Waals surface area (Å²) in [5.41, 5.74) is 1.10. The molecule has 1 aromatic heterocycles. The third-order valence-corrected chi connectivity index (χ3v) is 3.72. The summed E-state index contributed by atoms with van der Waals surface area (Å²) in [6.45, 7) is 8.94. The largest absolute Gasteiger partial charge is 0.381 e. The van der Waals surface area contributed by atoms with E-state index < -0.39 is 0 Å². The van der Waals surface area contributed by atoms with Gasteiger partial charge in [0.15, 0.2) is 0 Å². The van der Waals surface area contributed by atoms with Crippen LogP contribution in [0.25, 0.3) is 0 Å². The Bertz CT molecular complexity index is 386. The van der Waals surface area contributed by atoms with E-state index in [0.717, 1.165) is 36.9 Å². The van der Waals surface area contributed by atoms with Crippen LogP contribution in [0.5, 0.6) is 0 Å². The van der Waals surface area contributed by atoms with E-state index in [-0.39, 0.29) is 6.04 Å². The summed E-state index contributed by atoms with van der Waals surface area (Å²) in [5.74, 6) is 0.483. The highest BCUT2D eigenvalue weighted by atomic mass is 35.5. The van der Waals surface area contributed by atoms with Gasteiger partial charge in [0.05, 0.1) is 29.6 Å². The molecule has 1 saturated heterocycles. The molecule has 4 nitrogen and oxygen atoms in total. The number of aromatic nitrogens is 2. The maximum absolute atomic E-state index is 6.33. The molecule has 0 amide bonds. The summed E-state index contributed by atoms with van der Waals surface area (Å²) in [7, 11) is 0. The normalized spacial score (nSPS) is 21.7. The number of rotatable bonds is 5. The first-order valence-electron chi connectivity index (χ1n) is 6.69. The van der Waals surface area contributed by atoms with E-state index in [1.807, 2.05) is 4.68 Å². The molecule has 0 aliphatic carbocycles. The standard InChI is InChI=1S/C13H22ClN3O/c1-4-15-12(10-5-6-18-8-10)13-11(14)7-16-17(13)9(2)3/h7,9-10,12,15H,4-6,8H2,1-3H3. The Morgan fingerprint density at radius 1 is 1.61 bits per heavy atom. The second-order valence-electron chi connectivity index (χ2n) is 5.08. The van der Waals surface area contributed by atoms with Crippen molar-refractivity contribution in [3.05, 3.63) is 16.9 Å². The molecule has 2 unspecified atom stereocenters. The number of hydrogen-bond donors (Lipinski definition) is 1. The minimum Gasteiger partial charge on any atom is -0.381 e. The van der Waals surface area contributed by atoms with Crippen LogP contribution >= 0.6 is 11.6 Å². The van der Waals surface area contributed by atoms with Crippen LogP contribution in [0, 0.1) is 5.92 Å². The third-order valence-electron chi connectivity index (χ3n) is 3.43. The highest BCUT2D eigenvalue weighted by Gasteiger charge is 2.31. The van der Waals surface area contributed by atoms with Crippen LogP contribution in [0.2, 0.25) is 5.02 Å². The van der Waals surface area contributed by atoms with Crippen LogP contribution < -0.4 is 5.32 Å². The Labute approximate surface area is 114 Å². The van der Waals surface area contributed by atoms with E-state index >= 15 is 0 Å². The highest BCUT2D eigenvalue weighted by Crippen LogP contribution is 2.34. The van der Waals surface area contributed by atoms with Gasteiger partial charge in [0.25, 0.3) is 0 Å². The van der Waals surface area contributed by atoms with Gasteiger partial charge in [0.2, 0.25) is 0 Å². The van der Waals surface area contributed by atoms with Crippen LogP contribution in [0.15, 0.2) is 6.20 Å². The number of nitrogens with one attached hydrogen (secondary N) is 1. The third kappa shape index (κ3) is 2.71. The van der Waals surface area contributed by atoms with E-state index in [1.54, 1.807) is 6.20 Å². The minimum atomic E-state index is 0.231. The van der Waals surface area contributed by atoms with E-state index in [9.17, 15) is 0 Å². The molecule has 1 aromatic rings. The smallest absolute Gasteiger partial charge is 0.0834 e. The van der Waals surface area contributed by atoms with Gasteiger partial charge in [-0.3, -0.25) is 4.68 Å². The molecule has 0 bridgehead atoms. The lowest BCUT2D eigenvalue weighted by molar-refractivity contribution is 0.175. The monoisotopic (exact) mass is 271 g/mol. The number of ether oxygens (including phenoxy) is 1. The van der Waals surface area contributed by atoms with Gasteiger partial charge in [0, 0.05) is 18.6 Å². The van der Waals surface area contributed by atoms with Crippen molar-refractivity contribution >= 4 is 11.6 Å². The van der Waals surface area contributed by atoms with E-state index in [1.165, 1.54) is 0 Å². The van der Waals surface area contributed by atoms with Crippen molar-refractivity contribution in [2.24, 2.45) is 5.92 Å². The van der Waals surface area contributed by atoms with Crippen LogP contribution in [-0.2, 0) is 4.74 Å². The van der Waals surface area contributed by atoms with Gasteiger partial charge < -0.3 is 10.1 Å². The van der Waals surface area contributed by atoms with Gasteiger partial charge in [-0.05, 0) is 26.8 Å². The Balaban J connectivity index is 2.31. The SMILES string of the molecule is CCNC(c1c(Cl)cnn1C(C)C)C1CCOC1. The van der Waals surface area contributed by atoms with Crippen molar-refractivity contribution in [3.63, 3.8) is 0 Å². The average molecular weight is 272 g/mol. The van der Waals surface area contributed by atoms with Crippen molar-refractivity contribution in [2.45, 2.75) is 39.3 Å². The number of halogens is 1. The zero-order chi connectivity index (χ0) is 13.1. The van der Waals surface area contributed by atoms with Crippen LogP contribution in [0.1, 0.15) is 45.0 Å². The molecule has 1 fully saturated rings. The van der Waals surface area contributed by atoms with Gasteiger partial charge in [-0.15, -0.1) is 0 Å². The molecule has 0 spiro atoms. The topological polar surface area (TPSA) is 39.1 Å². The Morgan fingerprint density at radius 3 is 2.94 bits per heavy atom. The maximum Gasteiger partial charge on any atom is 0.0834 e. The second kappa shape index (κ2) is 6.04. The lowest BCUT2D eigenvalue weighted by Gasteiger charge is -2.26. The summed E-state index contributed by atoms with van der Waals surface area (Å²) < 4.78 is 7.53. The zero-order valence-corrected chi connectivity index (χ0v) is 12.1. The van der Waals surface area contributed by atoms with Gasteiger partial charge in [-0.2, -0.15) is 5.10 Å². The lowest BCUT2D eigenvalue weighted by Crippen LogP contribution is -2.31. The molecular formula is C13H22ClN3O. The molecule has 102 valence electrons. The first kappa shape index (κ1) is 13.8. The molecule has 2 rings (SSSR count). The molecular weight excluding hydrogens is 250 g/mol. The molecule has 2 atom stereocenters. The van der Waals surface area contributed by atoms with Crippen LogP contribution in [0.3, 0.4) is 0 Å². The number of nitrogens with zero attached hydrogens (tertiary/aromatic N) is 2. The first-order valence-corrected chi connectivity index (χ1v) is 7.07. The molecule has 0 aromatic carbocycles. The predicted molar refractivity (Wildman–Crippen MR) is 73.0 cm³/mol. The average Bonchev–Trinajstić information content (AvgIpc) is 2.95. The molecule has 0 radical (unpaired) electrons. The van der Waals surface area contributed by atoms with Crippen molar-refractivity contribution in [3.8, 4) is 0 Å². The van der Waals surface area contributed by atoms with Crippen molar-refractivity contribution in [1.29, 1.82) is 0 Å². The first-order chi connectivity index (χ1) is 8.65. The van der Waals surface area contributed by atoms with Gasteiger partial charge >= 0.3 is 0 Å². The predicted octanol–water partition coefficient (Wildman–Crippen LogP) is 2.80. The molecule has 1 N–H and O–H groups in total. The Kier molecular flexibility index (Phi) is 4.65. The minimum absolute atomic E-state index is 0.231. The lowest BCUT2D eigenvalue weighted by atomic mass is 9.95. The Hall–Kier alpha value is -0.580. The summed E-state index contributed by atoms with van der Waals surface area (Å²) >= 11 is 6.33. The quantitative estimate of drug-likeness (QED) is 0.895. The fraction of sp³-hybridized carbons (Fsp3) is 0.769. The highest BCUT2D eigenvalue weighted by molar-refractivity contribution is 6.31. The van der Waals surface area contributed by atoms with Crippen LogP contribution in [0.4, 0.5) is 0 Å². The molecule has 1 aliphatic heterocycles. The van der Waals surface area contributed by atoms with Crippen molar-refractivity contribution < 1.29 is 4.74 Å². The molecule has 0 saturated carbocycles. The van der Waals surface area contributed by atoms with Gasteiger partial charge in [-0.25, -0.2) is 0 Å². The molecule has 2 heterocycles. The maximum atomic E-state index is 6.33. The van der Waals surface area contributed by atoms with E-state index in [4.69, 9.17) is 16.3 Å². The fourth-order valence-electron chi connectivity index (χ4n) is 2.58. The van der Waals surface area contributed by atoms with E-state index in [2.05, 4.69) is 31.2 Å². The van der Waals surface area contributed by atoms with Gasteiger partial charge in [-0.1, -0.05) is 18.5 Å². The molecule has 18 heavy (non-hydrogen) atoms. The van der Waals surface area contributed by atoms with E-state index in [0.29, 0.717) is 12.0 Å². The van der Waals surface area contributed by atoms with Gasteiger partial charge in [0.1, 0.15) is 0 Å². The van der Waals surface area contributed by atoms with Crippen molar-refractivity contribution in [1.82, 2.24) is 15.1 Å². The summed E-state index contributed by atoms with van der Waals surface area (Å²) in [4.78, 5) is 0. The van der Waals surface area contributed by atoms with Crippen LogP contribution in [-0.4, -0.2) is 29.5 Å².